The third-order valence-electron chi connectivity index (χ3n) is 2.60. The molecule has 0 saturated heterocycles. The first-order chi connectivity index (χ1) is 9.10. The number of carboxylic acids is 1. The average molecular weight is 262 g/mol. The van der Waals surface area contributed by atoms with Crippen LogP contribution in [0, 0.1) is 0 Å². The number of aryl methyl sites for hydroxylation is 1. The van der Waals surface area contributed by atoms with E-state index in [9.17, 15) is 9.59 Å². The molecule has 0 fully saturated rings. The Hall–Kier alpha value is -2.57. The lowest BCUT2D eigenvalue weighted by molar-refractivity contribution is -0.116. The van der Waals surface area contributed by atoms with E-state index in [1.807, 2.05) is 6.92 Å². The van der Waals surface area contributed by atoms with Gasteiger partial charge in [0.05, 0.1) is 11.9 Å². The Bertz CT molecular complexity index is 600. The van der Waals surface area contributed by atoms with Gasteiger partial charge in [-0.15, -0.1) is 0 Å². The van der Waals surface area contributed by atoms with E-state index in [2.05, 4.69) is 10.4 Å². The fourth-order valence-electron chi connectivity index (χ4n) is 1.70. The van der Waals surface area contributed by atoms with E-state index in [4.69, 9.17) is 5.11 Å². The summed E-state index contributed by atoms with van der Waals surface area (Å²) in [6, 6.07) is 3.04. The minimum atomic E-state index is -1.06. The molecule has 0 spiro atoms. The first-order valence-electron chi connectivity index (χ1n) is 5.81. The maximum absolute atomic E-state index is 11.8. The minimum absolute atomic E-state index is 0.0497. The van der Waals surface area contributed by atoms with Crippen molar-refractivity contribution < 1.29 is 14.7 Å². The summed E-state index contributed by atoms with van der Waals surface area (Å²) in [4.78, 5) is 22.7. The van der Waals surface area contributed by atoms with Crippen LogP contribution < -0.4 is 5.32 Å². The summed E-state index contributed by atoms with van der Waals surface area (Å²) < 4.78 is 3.07. The smallest absolute Gasteiger partial charge is 0.352 e. The molecule has 0 radical (unpaired) electrons. The summed E-state index contributed by atoms with van der Waals surface area (Å²) in [6.07, 6.45) is 4.82. The number of hydrogen-bond donors (Lipinski definition) is 2. The Labute approximate surface area is 109 Å². The molecule has 0 atom stereocenters. The zero-order chi connectivity index (χ0) is 13.8. The average Bonchev–Trinajstić information content (AvgIpc) is 2.97. The zero-order valence-corrected chi connectivity index (χ0v) is 10.4. The SMILES string of the molecule is CCn1cc(NC(=O)Cn2cccc2C(=O)O)cn1. The highest BCUT2D eigenvalue weighted by molar-refractivity contribution is 5.91. The van der Waals surface area contributed by atoms with Gasteiger partial charge in [-0.2, -0.15) is 5.10 Å². The molecule has 2 rings (SSSR count). The molecule has 7 heteroatoms. The molecule has 0 unspecified atom stereocenters. The van der Waals surface area contributed by atoms with Gasteiger partial charge in [-0.1, -0.05) is 0 Å². The molecule has 0 aliphatic heterocycles. The highest BCUT2D eigenvalue weighted by Gasteiger charge is 2.12. The second-order valence-electron chi connectivity index (χ2n) is 3.96. The van der Waals surface area contributed by atoms with Crippen LogP contribution in [-0.2, 0) is 17.9 Å². The highest BCUT2D eigenvalue weighted by atomic mass is 16.4. The number of carbonyl (C=O) groups excluding carboxylic acids is 1. The largest absolute Gasteiger partial charge is 0.477 e. The van der Waals surface area contributed by atoms with E-state index in [-0.39, 0.29) is 18.1 Å². The van der Waals surface area contributed by atoms with Gasteiger partial charge in [0.2, 0.25) is 5.91 Å². The van der Waals surface area contributed by atoms with Crippen molar-refractivity contribution in [3.63, 3.8) is 0 Å². The maximum atomic E-state index is 11.8. The number of anilines is 1. The molecule has 2 heterocycles. The van der Waals surface area contributed by atoms with Crippen LogP contribution in [0.15, 0.2) is 30.7 Å². The van der Waals surface area contributed by atoms with Gasteiger partial charge in [0, 0.05) is 18.9 Å². The molecule has 0 bridgehead atoms. The number of aromatic nitrogens is 3. The zero-order valence-electron chi connectivity index (χ0n) is 10.4. The Morgan fingerprint density at radius 1 is 1.47 bits per heavy atom. The monoisotopic (exact) mass is 262 g/mol. The topological polar surface area (TPSA) is 89.2 Å². The Balaban J connectivity index is 2.01. The molecule has 0 aliphatic carbocycles. The maximum Gasteiger partial charge on any atom is 0.352 e. The number of hydrogen-bond acceptors (Lipinski definition) is 3. The fraction of sp³-hybridized carbons (Fsp3) is 0.250. The summed E-state index contributed by atoms with van der Waals surface area (Å²) in [7, 11) is 0. The van der Waals surface area contributed by atoms with Crippen LogP contribution in [0.5, 0.6) is 0 Å². The first-order valence-corrected chi connectivity index (χ1v) is 5.81. The molecule has 7 nitrogen and oxygen atoms in total. The lowest BCUT2D eigenvalue weighted by atomic mass is 10.4. The summed E-state index contributed by atoms with van der Waals surface area (Å²) in [6.45, 7) is 2.61. The van der Waals surface area contributed by atoms with Crippen molar-refractivity contribution in [1.29, 1.82) is 0 Å². The number of aromatic carboxylic acids is 1. The molecule has 0 aliphatic rings. The molecule has 2 aromatic heterocycles. The number of rotatable bonds is 5. The van der Waals surface area contributed by atoms with E-state index in [0.29, 0.717) is 5.69 Å². The van der Waals surface area contributed by atoms with Crippen molar-refractivity contribution in [2.75, 3.05) is 5.32 Å². The number of nitrogens with zero attached hydrogens (tertiary/aromatic N) is 3. The second kappa shape index (κ2) is 5.38. The van der Waals surface area contributed by atoms with Crippen LogP contribution in [0.25, 0.3) is 0 Å². The van der Waals surface area contributed by atoms with E-state index in [0.717, 1.165) is 6.54 Å². The van der Waals surface area contributed by atoms with E-state index < -0.39 is 5.97 Å². The minimum Gasteiger partial charge on any atom is -0.477 e. The summed E-state index contributed by atoms with van der Waals surface area (Å²) in [5, 5.41) is 15.6. The lowest BCUT2D eigenvalue weighted by Crippen LogP contribution is -2.20. The predicted molar refractivity (Wildman–Crippen MR) is 67.9 cm³/mol. The van der Waals surface area contributed by atoms with Crippen molar-refractivity contribution in [1.82, 2.24) is 14.3 Å². The van der Waals surface area contributed by atoms with Crippen LogP contribution in [0.2, 0.25) is 0 Å². The molecule has 1 amide bonds. The second-order valence-corrected chi connectivity index (χ2v) is 3.96. The van der Waals surface area contributed by atoms with Gasteiger partial charge >= 0.3 is 5.97 Å². The Morgan fingerprint density at radius 2 is 2.26 bits per heavy atom. The van der Waals surface area contributed by atoms with Gasteiger partial charge in [0.25, 0.3) is 0 Å². The predicted octanol–water partition coefficient (Wildman–Crippen LogP) is 1.04. The number of nitrogens with one attached hydrogen (secondary N) is 1. The van der Waals surface area contributed by atoms with Gasteiger partial charge < -0.3 is 15.0 Å². The third-order valence-corrected chi connectivity index (χ3v) is 2.60. The van der Waals surface area contributed by atoms with Crippen molar-refractivity contribution in [3.05, 3.63) is 36.4 Å². The number of carboxylic acid groups (broad SMARTS) is 1. The third kappa shape index (κ3) is 3.01. The van der Waals surface area contributed by atoms with E-state index in [1.165, 1.54) is 10.6 Å². The van der Waals surface area contributed by atoms with Gasteiger partial charge in [0.1, 0.15) is 12.2 Å². The number of carbonyl (C=O) groups is 2. The summed E-state index contributed by atoms with van der Waals surface area (Å²) >= 11 is 0. The van der Waals surface area contributed by atoms with Gasteiger partial charge in [-0.25, -0.2) is 4.79 Å². The quantitative estimate of drug-likeness (QED) is 0.842. The van der Waals surface area contributed by atoms with Crippen LogP contribution in [0.4, 0.5) is 5.69 Å². The summed E-state index contributed by atoms with van der Waals surface area (Å²) in [5.74, 6) is -1.36. The van der Waals surface area contributed by atoms with Crippen LogP contribution in [0.3, 0.4) is 0 Å². The normalized spacial score (nSPS) is 10.4. The Morgan fingerprint density at radius 3 is 2.89 bits per heavy atom. The Kier molecular flexibility index (Phi) is 3.65. The standard InChI is InChI=1S/C12H14N4O3/c1-2-16-7-9(6-13-16)14-11(17)8-15-5-3-4-10(15)12(18)19/h3-7H,2,8H2,1H3,(H,14,17)(H,18,19). The molecule has 2 aromatic rings. The molecule has 19 heavy (non-hydrogen) atoms. The van der Waals surface area contributed by atoms with Crippen LogP contribution in [-0.4, -0.2) is 31.3 Å². The summed E-state index contributed by atoms with van der Waals surface area (Å²) in [5.41, 5.74) is 0.676. The molecule has 2 N–H and O–H groups in total. The molecular weight excluding hydrogens is 248 g/mol. The van der Waals surface area contributed by atoms with Crippen molar-refractivity contribution in [2.45, 2.75) is 20.0 Å². The number of amides is 1. The molecular formula is C12H14N4O3. The van der Waals surface area contributed by atoms with Gasteiger partial charge in [-0.05, 0) is 19.1 Å². The van der Waals surface area contributed by atoms with Crippen LogP contribution in [0.1, 0.15) is 17.4 Å². The van der Waals surface area contributed by atoms with Gasteiger partial charge in [-0.3, -0.25) is 9.48 Å². The van der Waals surface area contributed by atoms with E-state index >= 15 is 0 Å². The molecule has 0 saturated carbocycles. The van der Waals surface area contributed by atoms with E-state index in [1.54, 1.807) is 29.3 Å². The van der Waals surface area contributed by atoms with Crippen molar-refractivity contribution >= 4 is 17.6 Å². The van der Waals surface area contributed by atoms with Crippen molar-refractivity contribution in [3.8, 4) is 0 Å². The van der Waals surface area contributed by atoms with Crippen molar-refractivity contribution in [2.24, 2.45) is 0 Å². The van der Waals surface area contributed by atoms with Gasteiger partial charge in [0.15, 0.2) is 0 Å². The van der Waals surface area contributed by atoms with Crippen LogP contribution >= 0.6 is 0 Å². The molecule has 100 valence electrons. The fourth-order valence-corrected chi connectivity index (χ4v) is 1.70. The molecule has 0 aromatic carbocycles. The lowest BCUT2D eigenvalue weighted by Gasteiger charge is -2.06. The highest BCUT2D eigenvalue weighted by Crippen LogP contribution is 2.06. The first kappa shape index (κ1) is 12.9.